The first-order valence-corrected chi connectivity index (χ1v) is 5.67. The van der Waals surface area contributed by atoms with Crippen molar-refractivity contribution in [2.75, 3.05) is 6.54 Å². The standard InChI is InChI=1S/C13H14FNO4/c1-9(16)15(7-6-13(18)19)12(17)8-10-2-4-11(14)5-3-10/h2-5H,6-8H2,1H3,(H,18,19). The molecule has 0 bridgehead atoms. The number of carbonyl (C=O) groups excluding carboxylic acids is 2. The third kappa shape index (κ3) is 4.87. The van der Waals surface area contributed by atoms with E-state index in [4.69, 9.17) is 5.11 Å². The average Bonchev–Trinajstić information content (AvgIpc) is 2.31. The number of halogens is 1. The number of hydrogen-bond donors (Lipinski definition) is 1. The third-order valence-corrected chi connectivity index (χ3v) is 2.50. The molecular weight excluding hydrogens is 253 g/mol. The summed E-state index contributed by atoms with van der Waals surface area (Å²) in [6.45, 7) is 1.04. The number of amides is 2. The van der Waals surface area contributed by atoms with Crippen LogP contribution >= 0.6 is 0 Å². The predicted octanol–water partition coefficient (Wildman–Crippen LogP) is 1.22. The van der Waals surface area contributed by atoms with Crippen molar-refractivity contribution in [1.82, 2.24) is 4.90 Å². The molecule has 1 aromatic carbocycles. The second kappa shape index (κ2) is 6.63. The van der Waals surface area contributed by atoms with Gasteiger partial charge in [-0.1, -0.05) is 12.1 Å². The lowest BCUT2D eigenvalue weighted by molar-refractivity contribution is -0.144. The maximum absolute atomic E-state index is 12.7. The lowest BCUT2D eigenvalue weighted by Crippen LogP contribution is -2.37. The van der Waals surface area contributed by atoms with E-state index in [1.807, 2.05) is 0 Å². The second-order valence-electron chi connectivity index (χ2n) is 4.01. The average molecular weight is 267 g/mol. The maximum atomic E-state index is 12.7. The van der Waals surface area contributed by atoms with Crippen molar-refractivity contribution in [1.29, 1.82) is 0 Å². The minimum absolute atomic E-state index is 0.0700. The lowest BCUT2D eigenvalue weighted by Gasteiger charge is -2.18. The van der Waals surface area contributed by atoms with Crippen molar-refractivity contribution < 1.29 is 23.9 Å². The largest absolute Gasteiger partial charge is 0.481 e. The molecule has 1 N–H and O–H groups in total. The van der Waals surface area contributed by atoms with Crippen molar-refractivity contribution >= 4 is 17.8 Å². The molecule has 0 aliphatic heterocycles. The van der Waals surface area contributed by atoms with Crippen LogP contribution in [0.4, 0.5) is 4.39 Å². The van der Waals surface area contributed by atoms with Gasteiger partial charge in [0, 0.05) is 13.5 Å². The van der Waals surface area contributed by atoms with E-state index in [-0.39, 0.29) is 19.4 Å². The number of carboxylic acid groups (broad SMARTS) is 1. The van der Waals surface area contributed by atoms with Crippen molar-refractivity contribution in [2.24, 2.45) is 0 Å². The fraction of sp³-hybridized carbons (Fsp3) is 0.308. The summed E-state index contributed by atoms with van der Waals surface area (Å²) in [7, 11) is 0. The Kier molecular flexibility index (Phi) is 5.17. The van der Waals surface area contributed by atoms with Gasteiger partial charge in [-0.25, -0.2) is 4.39 Å². The number of imide groups is 1. The Morgan fingerprint density at radius 2 is 1.79 bits per heavy atom. The number of benzene rings is 1. The number of rotatable bonds is 5. The fourth-order valence-corrected chi connectivity index (χ4v) is 1.54. The molecule has 5 nitrogen and oxygen atoms in total. The minimum atomic E-state index is -1.08. The van der Waals surface area contributed by atoms with Gasteiger partial charge < -0.3 is 5.11 Å². The molecule has 1 aromatic rings. The van der Waals surface area contributed by atoms with Crippen molar-refractivity contribution in [3.63, 3.8) is 0 Å². The number of carbonyl (C=O) groups is 3. The molecule has 1 rings (SSSR count). The highest BCUT2D eigenvalue weighted by Crippen LogP contribution is 2.06. The quantitative estimate of drug-likeness (QED) is 0.870. The first kappa shape index (κ1) is 14.8. The van der Waals surface area contributed by atoms with Gasteiger partial charge in [-0.15, -0.1) is 0 Å². The van der Waals surface area contributed by atoms with Gasteiger partial charge in [0.25, 0.3) is 0 Å². The molecule has 0 spiro atoms. The molecule has 0 heterocycles. The Hall–Kier alpha value is -2.24. The Bertz CT molecular complexity index is 484. The number of nitrogens with zero attached hydrogens (tertiary/aromatic N) is 1. The zero-order valence-corrected chi connectivity index (χ0v) is 10.4. The molecule has 0 saturated heterocycles. The van der Waals surface area contributed by atoms with Crippen LogP contribution in [0.3, 0.4) is 0 Å². The third-order valence-electron chi connectivity index (χ3n) is 2.50. The predicted molar refractivity (Wildman–Crippen MR) is 64.8 cm³/mol. The van der Waals surface area contributed by atoms with Gasteiger partial charge in [0.05, 0.1) is 12.8 Å². The zero-order chi connectivity index (χ0) is 14.4. The van der Waals surface area contributed by atoms with Crippen LogP contribution in [0.5, 0.6) is 0 Å². The highest BCUT2D eigenvalue weighted by molar-refractivity contribution is 5.95. The Labute approximate surface area is 109 Å². The first-order chi connectivity index (χ1) is 8.90. The summed E-state index contributed by atoms with van der Waals surface area (Å²) >= 11 is 0. The van der Waals surface area contributed by atoms with E-state index in [0.29, 0.717) is 5.56 Å². The van der Waals surface area contributed by atoms with Crippen molar-refractivity contribution in [3.05, 3.63) is 35.6 Å². The molecule has 0 atom stereocenters. The van der Waals surface area contributed by atoms with Crippen LogP contribution < -0.4 is 0 Å². The van der Waals surface area contributed by atoms with Crippen LogP contribution in [0, 0.1) is 5.82 Å². The minimum Gasteiger partial charge on any atom is -0.481 e. The molecule has 0 aliphatic rings. The van der Waals surface area contributed by atoms with E-state index in [9.17, 15) is 18.8 Å². The molecule has 19 heavy (non-hydrogen) atoms. The maximum Gasteiger partial charge on any atom is 0.305 e. The van der Waals surface area contributed by atoms with Gasteiger partial charge in [-0.05, 0) is 17.7 Å². The van der Waals surface area contributed by atoms with E-state index < -0.39 is 23.6 Å². The normalized spacial score (nSPS) is 10.0. The van der Waals surface area contributed by atoms with Crippen molar-refractivity contribution in [2.45, 2.75) is 19.8 Å². The van der Waals surface area contributed by atoms with E-state index in [0.717, 1.165) is 4.90 Å². The number of hydrogen-bond acceptors (Lipinski definition) is 3. The monoisotopic (exact) mass is 267 g/mol. The van der Waals surface area contributed by atoms with E-state index in [1.165, 1.54) is 31.2 Å². The zero-order valence-electron chi connectivity index (χ0n) is 10.4. The molecule has 6 heteroatoms. The molecule has 0 unspecified atom stereocenters. The Morgan fingerprint density at radius 3 is 2.26 bits per heavy atom. The molecule has 0 aliphatic carbocycles. The molecule has 102 valence electrons. The van der Waals surface area contributed by atoms with Crippen LogP contribution in [0.1, 0.15) is 18.9 Å². The topological polar surface area (TPSA) is 74.7 Å². The summed E-state index contributed by atoms with van der Waals surface area (Å²) in [6.07, 6.45) is -0.367. The molecule has 0 radical (unpaired) electrons. The second-order valence-corrected chi connectivity index (χ2v) is 4.01. The Balaban J connectivity index is 2.69. The fourth-order valence-electron chi connectivity index (χ4n) is 1.54. The summed E-state index contributed by atoms with van der Waals surface area (Å²) in [6, 6.07) is 5.33. The number of aliphatic carboxylic acids is 1. The van der Waals surface area contributed by atoms with Crippen LogP contribution in [0.15, 0.2) is 24.3 Å². The van der Waals surface area contributed by atoms with E-state index in [1.54, 1.807) is 0 Å². The van der Waals surface area contributed by atoms with Crippen LogP contribution in [0.25, 0.3) is 0 Å². The first-order valence-electron chi connectivity index (χ1n) is 5.67. The van der Waals surface area contributed by atoms with Crippen LogP contribution in [0.2, 0.25) is 0 Å². The van der Waals surface area contributed by atoms with Gasteiger partial charge in [-0.2, -0.15) is 0 Å². The van der Waals surface area contributed by atoms with Crippen LogP contribution in [-0.4, -0.2) is 34.3 Å². The highest BCUT2D eigenvalue weighted by atomic mass is 19.1. The smallest absolute Gasteiger partial charge is 0.305 e. The SMILES string of the molecule is CC(=O)N(CCC(=O)O)C(=O)Cc1ccc(F)cc1. The van der Waals surface area contributed by atoms with Gasteiger partial charge >= 0.3 is 5.97 Å². The van der Waals surface area contributed by atoms with Gasteiger partial charge in [-0.3, -0.25) is 19.3 Å². The molecule has 0 saturated carbocycles. The van der Waals surface area contributed by atoms with Gasteiger partial charge in [0.2, 0.25) is 11.8 Å². The molecular formula is C13H14FNO4. The summed E-state index contributed by atoms with van der Waals surface area (Å²) in [5.74, 6) is -2.50. The highest BCUT2D eigenvalue weighted by Gasteiger charge is 2.19. The molecule has 0 aromatic heterocycles. The van der Waals surface area contributed by atoms with E-state index in [2.05, 4.69) is 0 Å². The lowest BCUT2D eigenvalue weighted by atomic mass is 10.1. The summed E-state index contributed by atoms with van der Waals surface area (Å²) in [5.41, 5.74) is 0.563. The van der Waals surface area contributed by atoms with Crippen molar-refractivity contribution in [3.8, 4) is 0 Å². The molecule has 2 amide bonds. The molecule has 0 fully saturated rings. The van der Waals surface area contributed by atoms with Crippen LogP contribution in [-0.2, 0) is 20.8 Å². The summed E-state index contributed by atoms with van der Waals surface area (Å²) in [5, 5.41) is 8.56. The van der Waals surface area contributed by atoms with Gasteiger partial charge in [0.15, 0.2) is 0 Å². The van der Waals surface area contributed by atoms with Gasteiger partial charge in [0.1, 0.15) is 5.82 Å². The number of carboxylic acids is 1. The Morgan fingerprint density at radius 1 is 1.21 bits per heavy atom. The summed E-state index contributed by atoms with van der Waals surface area (Å²) in [4.78, 5) is 34.5. The summed E-state index contributed by atoms with van der Waals surface area (Å²) < 4.78 is 12.7. The van der Waals surface area contributed by atoms with E-state index >= 15 is 0 Å².